The van der Waals surface area contributed by atoms with E-state index in [0.29, 0.717) is 50.2 Å². The van der Waals surface area contributed by atoms with E-state index in [1.807, 2.05) is 12.1 Å². The lowest BCUT2D eigenvalue weighted by Crippen LogP contribution is -2.52. The number of hydrogen-bond acceptors (Lipinski definition) is 12. The van der Waals surface area contributed by atoms with Crippen LogP contribution in [0.25, 0.3) is 11.0 Å². The Morgan fingerprint density at radius 2 is 1.72 bits per heavy atom. The molecule has 4 heterocycles. The van der Waals surface area contributed by atoms with Crippen molar-refractivity contribution in [3.05, 3.63) is 46.8 Å². The van der Waals surface area contributed by atoms with Gasteiger partial charge in [-0.05, 0) is 79.3 Å². The largest absolute Gasteiger partial charge is 0.494 e. The molecule has 0 radical (unpaired) electrons. The number of aryl methyl sites for hydroxylation is 1. The van der Waals surface area contributed by atoms with Crippen LogP contribution in [0.1, 0.15) is 25.3 Å². The molecule has 2 fully saturated rings. The fourth-order valence-electron chi connectivity index (χ4n) is 6.48. The van der Waals surface area contributed by atoms with Crippen LogP contribution in [-0.4, -0.2) is 108 Å². The van der Waals surface area contributed by atoms with E-state index < -0.39 is 7.14 Å². The number of hydrogen-bond donors (Lipinski definition) is 2. The molecule has 244 valence electrons. The smallest absolute Gasteiger partial charge is 0.249 e. The summed E-state index contributed by atoms with van der Waals surface area (Å²) in [5.41, 5.74) is 5.11. The van der Waals surface area contributed by atoms with Gasteiger partial charge in [-0.1, -0.05) is 6.92 Å². The van der Waals surface area contributed by atoms with E-state index in [0.717, 1.165) is 51.4 Å². The molecule has 4 aromatic rings. The third kappa shape index (κ3) is 6.97. The van der Waals surface area contributed by atoms with Crippen LogP contribution in [0.15, 0.2) is 41.3 Å². The number of piperidine rings is 1. The van der Waals surface area contributed by atoms with E-state index in [1.54, 1.807) is 32.8 Å². The summed E-state index contributed by atoms with van der Waals surface area (Å²) in [5.74, 6) is 1.43. The molecule has 0 saturated carbocycles. The second kappa shape index (κ2) is 13.8. The summed E-state index contributed by atoms with van der Waals surface area (Å²) in [7, 11) is 1.14. The van der Waals surface area contributed by atoms with Gasteiger partial charge in [0.15, 0.2) is 10.4 Å². The lowest BCUT2D eigenvalue weighted by molar-refractivity contribution is 0.0982. The lowest BCUT2D eigenvalue weighted by atomic mass is 9.99. The molecule has 0 spiro atoms. The fraction of sp³-hybridized carbons (Fsp3) is 0.469. The first-order valence-corrected chi connectivity index (χ1v) is 19.2. The van der Waals surface area contributed by atoms with Crippen LogP contribution in [-0.2, 0) is 11.0 Å². The second-order valence-corrected chi connectivity index (χ2v) is 16.3. The number of likely N-dealkylation sites (N-methyl/N-ethyl adjacent to an activating group) is 1. The highest BCUT2D eigenvalue weighted by Crippen LogP contribution is 2.41. The van der Waals surface area contributed by atoms with Crippen molar-refractivity contribution in [2.75, 3.05) is 82.3 Å². The molecule has 12 nitrogen and oxygen atoms in total. The first-order chi connectivity index (χ1) is 22.1. The summed E-state index contributed by atoms with van der Waals surface area (Å²) in [6, 6.07) is 8.60. The third-order valence-electron chi connectivity index (χ3n) is 8.94. The van der Waals surface area contributed by atoms with Gasteiger partial charge in [0, 0.05) is 69.5 Å². The Labute approximate surface area is 278 Å². The monoisotopic (exact) mass is 708 g/mol. The summed E-state index contributed by atoms with van der Waals surface area (Å²) in [5, 5.41) is 15.8. The Morgan fingerprint density at radius 3 is 2.41 bits per heavy atom. The van der Waals surface area contributed by atoms with Crippen molar-refractivity contribution < 1.29 is 9.30 Å². The number of halogens is 1. The number of piperazine rings is 1. The zero-order valence-corrected chi connectivity index (χ0v) is 29.6. The zero-order chi connectivity index (χ0) is 32.4. The molecule has 2 aromatic heterocycles. The minimum absolute atomic E-state index is 0.296. The highest BCUT2D eigenvalue weighted by molar-refractivity contribution is 9.10. The van der Waals surface area contributed by atoms with Crippen LogP contribution in [0.4, 0.5) is 28.8 Å². The van der Waals surface area contributed by atoms with Crippen LogP contribution >= 0.6 is 23.1 Å². The Hall–Kier alpha value is -3.38. The van der Waals surface area contributed by atoms with Gasteiger partial charge >= 0.3 is 0 Å². The van der Waals surface area contributed by atoms with Gasteiger partial charge < -0.3 is 29.7 Å². The highest BCUT2D eigenvalue weighted by Gasteiger charge is 2.28. The predicted molar refractivity (Wildman–Crippen MR) is 189 cm³/mol. The highest BCUT2D eigenvalue weighted by atomic mass is 79.9. The van der Waals surface area contributed by atoms with Crippen molar-refractivity contribution in [1.29, 1.82) is 0 Å². The summed E-state index contributed by atoms with van der Waals surface area (Å²) in [4.78, 5) is 21.2. The minimum Gasteiger partial charge on any atom is -0.494 e. The molecule has 0 aliphatic carbocycles. The van der Waals surface area contributed by atoms with Gasteiger partial charge in [0.25, 0.3) is 0 Å². The molecular formula is C32H42BrN10O2P. The van der Waals surface area contributed by atoms with Crippen molar-refractivity contribution in [2.24, 2.45) is 0 Å². The van der Waals surface area contributed by atoms with E-state index in [1.165, 1.54) is 24.1 Å². The maximum absolute atomic E-state index is 13.4. The van der Waals surface area contributed by atoms with Gasteiger partial charge in [0.05, 0.1) is 29.3 Å². The van der Waals surface area contributed by atoms with Gasteiger partial charge in [0.1, 0.15) is 18.4 Å². The minimum atomic E-state index is -2.75. The molecule has 2 saturated heterocycles. The van der Waals surface area contributed by atoms with Crippen LogP contribution in [0.3, 0.4) is 0 Å². The molecule has 0 bridgehead atoms. The number of nitrogens with one attached hydrogen (secondary N) is 2. The zero-order valence-electron chi connectivity index (χ0n) is 27.1. The third-order valence-corrected chi connectivity index (χ3v) is 11.0. The standard InChI is InChI=1S/C32H42BrN10O2P/c1-6-21-19-25(27(45-3)20-26(21)43-13-9-22(10-14-43)42-17-15-41(2)16-18-42)37-32-38-31(30(33)39-40-32)36-24-8-7-23-28(35-12-11-34-23)29(24)46(4,5)44/h7-8,11-12,19-20,22H,6,9-10,13-18H2,1-5H3,(H2,36,37,38,40). The molecule has 0 atom stereocenters. The Kier molecular flexibility index (Phi) is 9.75. The number of anilines is 5. The van der Waals surface area contributed by atoms with Gasteiger partial charge in [-0.15, -0.1) is 10.2 Å². The molecule has 46 heavy (non-hydrogen) atoms. The second-order valence-electron chi connectivity index (χ2n) is 12.4. The summed E-state index contributed by atoms with van der Waals surface area (Å²) in [6.45, 7) is 12.3. The van der Waals surface area contributed by atoms with Crippen LogP contribution in [0.5, 0.6) is 5.75 Å². The average Bonchev–Trinajstić information content (AvgIpc) is 3.06. The van der Waals surface area contributed by atoms with Gasteiger partial charge in [-0.2, -0.15) is 4.98 Å². The van der Waals surface area contributed by atoms with Crippen molar-refractivity contribution in [3.8, 4) is 5.75 Å². The van der Waals surface area contributed by atoms with E-state index in [4.69, 9.17) is 9.72 Å². The fourth-order valence-corrected chi connectivity index (χ4v) is 8.14. The van der Waals surface area contributed by atoms with Crippen LogP contribution in [0, 0.1) is 0 Å². The van der Waals surface area contributed by atoms with Crippen LogP contribution in [0.2, 0.25) is 0 Å². The number of nitrogens with zero attached hydrogens (tertiary/aromatic N) is 8. The molecule has 2 aliphatic rings. The average molecular weight is 710 g/mol. The maximum Gasteiger partial charge on any atom is 0.249 e. The number of rotatable bonds is 9. The summed E-state index contributed by atoms with van der Waals surface area (Å²) < 4.78 is 19.7. The van der Waals surface area contributed by atoms with E-state index in [-0.39, 0.29) is 0 Å². The molecule has 0 amide bonds. The van der Waals surface area contributed by atoms with Crippen molar-refractivity contribution >= 4 is 68.2 Å². The van der Waals surface area contributed by atoms with Crippen molar-refractivity contribution in [1.82, 2.24) is 34.9 Å². The molecule has 2 aromatic carbocycles. The molecule has 2 aliphatic heterocycles. The lowest BCUT2D eigenvalue weighted by Gasteiger charge is -2.43. The molecule has 14 heteroatoms. The predicted octanol–water partition coefficient (Wildman–Crippen LogP) is 5.10. The Bertz CT molecular complexity index is 1750. The van der Waals surface area contributed by atoms with E-state index >= 15 is 0 Å². The van der Waals surface area contributed by atoms with Crippen molar-refractivity contribution in [2.45, 2.75) is 32.2 Å². The Morgan fingerprint density at radius 1 is 0.978 bits per heavy atom. The normalized spacial score (nSPS) is 17.0. The van der Waals surface area contributed by atoms with Gasteiger partial charge in [-0.25, -0.2) is 0 Å². The quantitative estimate of drug-likeness (QED) is 0.225. The van der Waals surface area contributed by atoms with E-state index in [9.17, 15) is 4.57 Å². The van der Waals surface area contributed by atoms with Gasteiger partial charge in [0.2, 0.25) is 5.95 Å². The number of methoxy groups -OCH3 is 1. The number of benzene rings is 2. The summed E-state index contributed by atoms with van der Waals surface area (Å²) in [6.07, 6.45) is 6.44. The first kappa shape index (κ1) is 32.6. The number of fused-ring (bicyclic) bond motifs is 1. The van der Waals surface area contributed by atoms with Gasteiger partial charge in [-0.3, -0.25) is 14.9 Å². The number of aromatic nitrogens is 5. The molecular weight excluding hydrogens is 667 g/mol. The summed E-state index contributed by atoms with van der Waals surface area (Å²) >= 11 is 3.48. The molecule has 6 rings (SSSR count). The molecule has 2 N–H and O–H groups in total. The topological polar surface area (TPSA) is 125 Å². The van der Waals surface area contributed by atoms with Crippen molar-refractivity contribution in [3.63, 3.8) is 0 Å². The molecule has 0 unspecified atom stereocenters. The maximum atomic E-state index is 13.4. The van der Waals surface area contributed by atoms with E-state index in [2.05, 4.69) is 87.5 Å². The Balaban J connectivity index is 1.23. The number of ether oxygens (including phenoxy) is 1. The first-order valence-electron chi connectivity index (χ1n) is 15.8. The van der Waals surface area contributed by atoms with Crippen LogP contribution < -0.4 is 25.6 Å². The SMILES string of the molecule is CCc1cc(Nc2nnc(Br)c(Nc3ccc4nccnc4c3P(C)(C)=O)n2)c(OC)cc1N1CCC(N2CCN(C)CC2)CC1.